The highest BCUT2D eigenvalue weighted by Crippen LogP contribution is 2.35. The fourth-order valence-corrected chi connectivity index (χ4v) is 3.40. The zero-order valence-electron chi connectivity index (χ0n) is 15.2. The number of carbonyl (C=O) groups is 1. The van der Waals surface area contributed by atoms with E-state index in [1.165, 1.54) is 11.3 Å². The molecule has 0 fully saturated rings. The minimum absolute atomic E-state index is 0.295. The first kappa shape index (κ1) is 19.3. The fraction of sp³-hybridized carbons (Fsp3) is 0.263. The van der Waals surface area contributed by atoms with Crippen molar-refractivity contribution in [2.24, 2.45) is 0 Å². The van der Waals surface area contributed by atoms with E-state index in [9.17, 15) is 4.79 Å². The van der Waals surface area contributed by atoms with Crippen LogP contribution in [-0.4, -0.2) is 23.1 Å². The summed E-state index contributed by atoms with van der Waals surface area (Å²) in [5, 5.41) is 3.93. The number of amides is 1. The average molecular weight is 406 g/mol. The predicted molar refractivity (Wildman–Crippen MR) is 110 cm³/mol. The number of nitrogens with zero attached hydrogens (tertiary/aromatic N) is 1. The molecule has 0 unspecified atom stereocenters. The van der Waals surface area contributed by atoms with Crippen LogP contribution in [0.4, 0.5) is 10.8 Å². The van der Waals surface area contributed by atoms with Crippen molar-refractivity contribution in [2.75, 3.05) is 17.7 Å². The van der Waals surface area contributed by atoms with Gasteiger partial charge in [-0.3, -0.25) is 4.79 Å². The van der Waals surface area contributed by atoms with E-state index in [-0.39, 0.29) is 5.91 Å². The van der Waals surface area contributed by atoms with Gasteiger partial charge in [0.15, 0.2) is 10.7 Å². The van der Waals surface area contributed by atoms with Crippen molar-refractivity contribution in [3.63, 3.8) is 0 Å². The Hall–Kier alpha value is -2.51. The third-order valence-corrected chi connectivity index (χ3v) is 4.85. The standard InChI is InChI=1S/C19H20ClN3O3S/c1-4-25-14-9-12(10-15-16(14)23-18(21)27-15)22-17(24)19(2,3)26-13-7-5-11(20)6-8-13/h5-10H,4H2,1-3H3,(H2,21,23)(H,22,24). The summed E-state index contributed by atoms with van der Waals surface area (Å²) in [7, 11) is 0. The maximum absolute atomic E-state index is 12.8. The summed E-state index contributed by atoms with van der Waals surface area (Å²) in [6.07, 6.45) is 0. The summed E-state index contributed by atoms with van der Waals surface area (Å²) in [5.74, 6) is 0.839. The van der Waals surface area contributed by atoms with Crippen LogP contribution in [0, 0.1) is 0 Å². The van der Waals surface area contributed by atoms with E-state index in [0.29, 0.717) is 39.5 Å². The molecule has 1 amide bonds. The molecule has 3 N–H and O–H groups in total. The lowest BCUT2D eigenvalue weighted by molar-refractivity contribution is -0.128. The molecular formula is C19H20ClN3O3S. The number of benzene rings is 2. The SMILES string of the molecule is CCOc1cc(NC(=O)C(C)(C)Oc2ccc(Cl)cc2)cc2sc(N)nc12. The molecule has 3 aromatic rings. The number of fused-ring (bicyclic) bond motifs is 1. The van der Waals surface area contributed by atoms with Crippen molar-refractivity contribution in [3.05, 3.63) is 41.4 Å². The number of hydrogen-bond donors (Lipinski definition) is 2. The molecule has 142 valence electrons. The highest BCUT2D eigenvalue weighted by atomic mass is 35.5. The second-order valence-electron chi connectivity index (χ2n) is 6.33. The zero-order valence-corrected chi connectivity index (χ0v) is 16.8. The molecule has 6 nitrogen and oxygen atoms in total. The number of anilines is 2. The Labute approximate surface area is 166 Å². The second kappa shape index (κ2) is 7.62. The zero-order chi connectivity index (χ0) is 19.6. The summed E-state index contributed by atoms with van der Waals surface area (Å²) in [5.41, 5.74) is 5.99. The first-order valence-electron chi connectivity index (χ1n) is 8.37. The lowest BCUT2D eigenvalue weighted by atomic mass is 10.1. The van der Waals surface area contributed by atoms with Gasteiger partial charge in [0.2, 0.25) is 0 Å². The van der Waals surface area contributed by atoms with Gasteiger partial charge in [0.05, 0.1) is 11.3 Å². The molecule has 0 saturated heterocycles. The van der Waals surface area contributed by atoms with E-state index in [1.54, 1.807) is 44.2 Å². The van der Waals surface area contributed by atoms with Crippen LogP contribution >= 0.6 is 22.9 Å². The molecule has 0 spiro atoms. The van der Waals surface area contributed by atoms with E-state index in [0.717, 1.165) is 4.70 Å². The Balaban J connectivity index is 1.82. The fourth-order valence-electron chi connectivity index (χ4n) is 2.48. The van der Waals surface area contributed by atoms with Crippen molar-refractivity contribution in [1.82, 2.24) is 4.98 Å². The number of rotatable bonds is 6. The van der Waals surface area contributed by atoms with Gasteiger partial charge in [-0.25, -0.2) is 4.98 Å². The van der Waals surface area contributed by atoms with Gasteiger partial charge in [-0.1, -0.05) is 22.9 Å². The lowest BCUT2D eigenvalue weighted by Crippen LogP contribution is -2.42. The molecule has 1 heterocycles. The highest BCUT2D eigenvalue weighted by molar-refractivity contribution is 7.22. The number of thiazole rings is 1. The molecular weight excluding hydrogens is 386 g/mol. The minimum atomic E-state index is -1.10. The number of nitrogens with one attached hydrogen (secondary N) is 1. The summed E-state index contributed by atoms with van der Waals surface area (Å²) < 4.78 is 12.3. The molecule has 0 aliphatic carbocycles. The van der Waals surface area contributed by atoms with E-state index < -0.39 is 5.60 Å². The van der Waals surface area contributed by atoms with Gasteiger partial charge in [-0.2, -0.15) is 0 Å². The van der Waals surface area contributed by atoms with Gasteiger partial charge >= 0.3 is 0 Å². The first-order chi connectivity index (χ1) is 12.8. The van der Waals surface area contributed by atoms with E-state index in [1.807, 2.05) is 13.0 Å². The molecule has 0 atom stereocenters. The molecule has 0 aliphatic rings. The Morgan fingerprint density at radius 2 is 2.00 bits per heavy atom. The number of hydrogen-bond acceptors (Lipinski definition) is 6. The number of nitrogens with two attached hydrogens (primary N) is 1. The number of nitrogen functional groups attached to an aromatic ring is 1. The van der Waals surface area contributed by atoms with Crippen LogP contribution in [0.15, 0.2) is 36.4 Å². The number of carbonyl (C=O) groups excluding carboxylic acids is 1. The maximum Gasteiger partial charge on any atom is 0.267 e. The molecule has 0 saturated carbocycles. The van der Waals surface area contributed by atoms with Crippen LogP contribution in [0.5, 0.6) is 11.5 Å². The van der Waals surface area contributed by atoms with Gasteiger partial charge in [0.25, 0.3) is 5.91 Å². The molecule has 0 aliphatic heterocycles. The summed E-state index contributed by atoms with van der Waals surface area (Å²) >= 11 is 7.22. The van der Waals surface area contributed by atoms with E-state index in [2.05, 4.69) is 10.3 Å². The quantitative estimate of drug-likeness (QED) is 0.619. The number of aromatic nitrogens is 1. The monoisotopic (exact) mass is 405 g/mol. The third kappa shape index (κ3) is 4.43. The average Bonchev–Trinajstić information content (AvgIpc) is 2.97. The third-order valence-electron chi connectivity index (χ3n) is 3.77. The number of halogens is 1. The molecule has 0 bridgehead atoms. The Morgan fingerprint density at radius 3 is 2.67 bits per heavy atom. The van der Waals surface area contributed by atoms with Crippen LogP contribution in [0.1, 0.15) is 20.8 Å². The van der Waals surface area contributed by atoms with Gasteiger partial charge in [-0.15, -0.1) is 0 Å². The summed E-state index contributed by atoms with van der Waals surface area (Å²) in [6.45, 7) is 5.76. The summed E-state index contributed by atoms with van der Waals surface area (Å²) in [4.78, 5) is 17.1. The van der Waals surface area contributed by atoms with Gasteiger partial charge in [0.1, 0.15) is 17.0 Å². The predicted octanol–water partition coefficient (Wildman–Crippen LogP) is 4.73. The van der Waals surface area contributed by atoms with Crippen LogP contribution < -0.4 is 20.5 Å². The molecule has 27 heavy (non-hydrogen) atoms. The van der Waals surface area contributed by atoms with Crippen LogP contribution in [0.3, 0.4) is 0 Å². The van der Waals surface area contributed by atoms with Crippen LogP contribution in [0.25, 0.3) is 10.2 Å². The molecule has 2 aromatic carbocycles. The number of ether oxygens (including phenoxy) is 2. The van der Waals surface area contributed by atoms with Crippen molar-refractivity contribution in [3.8, 4) is 11.5 Å². The molecule has 1 aromatic heterocycles. The second-order valence-corrected chi connectivity index (χ2v) is 7.83. The van der Waals surface area contributed by atoms with Crippen molar-refractivity contribution < 1.29 is 14.3 Å². The van der Waals surface area contributed by atoms with Gasteiger partial charge < -0.3 is 20.5 Å². The van der Waals surface area contributed by atoms with E-state index >= 15 is 0 Å². The van der Waals surface area contributed by atoms with Gasteiger partial charge in [0, 0.05) is 16.8 Å². The van der Waals surface area contributed by atoms with E-state index in [4.69, 9.17) is 26.8 Å². The summed E-state index contributed by atoms with van der Waals surface area (Å²) in [6, 6.07) is 10.4. The first-order valence-corrected chi connectivity index (χ1v) is 9.57. The minimum Gasteiger partial charge on any atom is -0.491 e. The Bertz CT molecular complexity index is 970. The topological polar surface area (TPSA) is 86.5 Å². The smallest absolute Gasteiger partial charge is 0.267 e. The Kier molecular flexibility index (Phi) is 5.43. The molecule has 3 rings (SSSR count). The maximum atomic E-state index is 12.8. The van der Waals surface area contributed by atoms with Gasteiger partial charge in [-0.05, 0) is 51.1 Å². The Morgan fingerprint density at radius 1 is 1.30 bits per heavy atom. The molecule has 0 radical (unpaired) electrons. The highest BCUT2D eigenvalue weighted by Gasteiger charge is 2.30. The van der Waals surface area contributed by atoms with Crippen LogP contribution in [-0.2, 0) is 4.79 Å². The van der Waals surface area contributed by atoms with Crippen molar-refractivity contribution >= 4 is 49.9 Å². The lowest BCUT2D eigenvalue weighted by Gasteiger charge is -2.25. The van der Waals surface area contributed by atoms with Crippen molar-refractivity contribution in [1.29, 1.82) is 0 Å². The largest absolute Gasteiger partial charge is 0.491 e. The normalized spacial score (nSPS) is 11.4. The molecule has 8 heteroatoms. The van der Waals surface area contributed by atoms with Crippen molar-refractivity contribution in [2.45, 2.75) is 26.4 Å². The van der Waals surface area contributed by atoms with Crippen LogP contribution in [0.2, 0.25) is 5.02 Å².